The molecule has 0 bridgehead atoms. The molecule has 6 heavy (non-hydrogen) atoms. The van der Waals surface area contributed by atoms with E-state index in [2.05, 4.69) is 0 Å². The molecule has 1 unspecified atom stereocenters. The van der Waals surface area contributed by atoms with Crippen LogP contribution in [0.25, 0.3) is 0 Å². The van der Waals surface area contributed by atoms with Crippen LogP contribution in [0.4, 0.5) is 0 Å². The normalized spacial score (nSPS) is 20.7. The number of hydrogen-bond donors (Lipinski definition) is 2. The van der Waals surface area contributed by atoms with Gasteiger partial charge in [-0.3, -0.25) is 0 Å². The van der Waals surface area contributed by atoms with Crippen LogP contribution < -0.4 is 5.73 Å². The van der Waals surface area contributed by atoms with Crippen LogP contribution in [-0.4, -0.2) is 9.22 Å². The zero-order chi connectivity index (χ0) is 5.21. The van der Waals surface area contributed by atoms with Crippen LogP contribution in [0.1, 0.15) is 6.92 Å². The molecule has 1 atom stereocenters. The second-order valence-electron chi connectivity index (χ2n) is 1.12. The van der Waals surface area contributed by atoms with Crippen molar-refractivity contribution in [2.45, 2.75) is 16.4 Å². The van der Waals surface area contributed by atoms with Gasteiger partial charge >= 0.3 is 45.8 Å². The minimum atomic E-state index is -0.847. The van der Waals surface area contributed by atoms with Crippen molar-refractivity contribution in [2.24, 2.45) is 5.73 Å². The summed E-state index contributed by atoms with van der Waals surface area (Å²) in [7, 11) is 0. The van der Waals surface area contributed by atoms with E-state index in [1.807, 2.05) is 5.31 Å². The first-order valence-corrected chi connectivity index (χ1v) is 4.89. The van der Waals surface area contributed by atoms with Crippen molar-refractivity contribution in [1.82, 2.24) is 0 Å². The van der Waals surface area contributed by atoms with Crippen molar-refractivity contribution in [2.75, 3.05) is 0 Å². The molecule has 0 aromatic rings. The van der Waals surface area contributed by atoms with Gasteiger partial charge in [0.1, 0.15) is 0 Å². The Morgan fingerprint density at radius 2 is 2.00 bits per heavy atom. The van der Waals surface area contributed by atoms with E-state index in [-0.39, 0.29) is 18.6 Å². The summed E-state index contributed by atoms with van der Waals surface area (Å²) in [5, 5.41) is 10.6. The molecule has 0 rings (SSSR count). The van der Waals surface area contributed by atoms with Crippen LogP contribution in [0, 0.1) is 0 Å². The monoisotopic (exact) mass is 270 g/mol. The van der Waals surface area contributed by atoms with Crippen LogP contribution >= 0.6 is 0 Å². The molecule has 2 nitrogen and oxygen atoms in total. The molecule has 0 spiro atoms. The Morgan fingerprint density at radius 1 is 1.83 bits per heavy atom. The van der Waals surface area contributed by atoms with Gasteiger partial charge < -0.3 is 0 Å². The van der Waals surface area contributed by atoms with Crippen molar-refractivity contribution < 1.29 is 23.7 Å². The quantitative estimate of drug-likeness (QED) is 0.645. The van der Waals surface area contributed by atoms with Gasteiger partial charge in [0.25, 0.3) is 0 Å². The first-order chi connectivity index (χ1) is 2.56. The van der Waals surface area contributed by atoms with Gasteiger partial charge in [0.05, 0.1) is 0 Å². The Kier molecular flexibility index (Phi) is 2.27. The molecule has 0 aliphatic rings. The molecule has 0 aromatic carbocycles. The third-order valence-corrected chi connectivity index (χ3v) is 2.62. The van der Waals surface area contributed by atoms with E-state index in [4.69, 9.17) is 10.8 Å². The van der Waals surface area contributed by atoms with Gasteiger partial charge in [0.2, 0.25) is 0 Å². The maximum absolute atomic E-state index is 8.65. The average molecular weight is 270 g/mol. The summed E-state index contributed by atoms with van der Waals surface area (Å²) in [4.78, 5) is 0. The van der Waals surface area contributed by atoms with E-state index < -0.39 is 4.11 Å². The van der Waals surface area contributed by atoms with E-state index in [0.717, 1.165) is 0 Å². The molecule has 0 aliphatic heterocycles. The molecule has 0 amide bonds. The molecular weight excluding hydrogens is 261 g/mol. The van der Waals surface area contributed by atoms with Crippen molar-refractivity contribution >= 4 is 0 Å². The second kappa shape index (κ2) is 2.06. The van der Waals surface area contributed by atoms with Crippen LogP contribution in [0.2, 0.25) is 5.31 Å². The Bertz CT molecular complexity index is 40.5. The molecule has 0 saturated heterocycles. The van der Waals surface area contributed by atoms with Gasteiger partial charge in [-0.25, -0.2) is 0 Å². The molecule has 0 aromatic heterocycles. The molecule has 0 heterocycles. The SMILES string of the molecule is [CH3][Pt][C](C)(N)O. The van der Waals surface area contributed by atoms with Gasteiger partial charge in [-0.05, 0) is 0 Å². The fraction of sp³-hybridized carbons (Fsp3) is 1.00. The molecule has 0 aliphatic carbocycles. The van der Waals surface area contributed by atoms with Gasteiger partial charge in [-0.15, -0.1) is 0 Å². The third-order valence-electron chi connectivity index (χ3n) is 0.320. The molecule has 3 heteroatoms. The van der Waals surface area contributed by atoms with Gasteiger partial charge in [-0.1, -0.05) is 0 Å². The Balaban J connectivity index is 3.17. The van der Waals surface area contributed by atoms with Crippen molar-refractivity contribution in [3.05, 3.63) is 0 Å². The summed E-state index contributed by atoms with van der Waals surface area (Å²) < 4.78 is -0.847. The second-order valence-corrected chi connectivity index (χ2v) is 4.56. The van der Waals surface area contributed by atoms with E-state index in [0.29, 0.717) is 0 Å². The van der Waals surface area contributed by atoms with E-state index in [9.17, 15) is 0 Å². The predicted octanol–water partition coefficient (Wildman–Crippen LogP) is -0.258. The molecule has 42 valence electrons. The Hall–Kier alpha value is 0.608. The van der Waals surface area contributed by atoms with Gasteiger partial charge in [0.15, 0.2) is 0 Å². The molecule has 3 N–H and O–H groups in total. The number of hydrogen-bond acceptors (Lipinski definition) is 2. The van der Waals surface area contributed by atoms with Crippen molar-refractivity contribution in [1.29, 1.82) is 0 Å². The fourth-order valence-corrected chi connectivity index (χ4v) is 0. The first kappa shape index (κ1) is 6.61. The number of nitrogens with two attached hydrogens (primary N) is 1. The number of rotatable bonds is 1. The van der Waals surface area contributed by atoms with Crippen LogP contribution in [-0.2, 0) is 18.6 Å². The topological polar surface area (TPSA) is 46.2 Å². The fourth-order valence-electron chi connectivity index (χ4n) is 0. The van der Waals surface area contributed by atoms with Gasteiger partial charge in [0, 0.05) is 0 Å². The van der Waals surface area contributed by atoms with Gasteiger partial charge in [-0.2, -0.15) is 0 Å². The van der Waals surface area contributed by atoms with Crippen LogP contribution in [0.3, 0.4) is 0 Å². The van der Waals surface area contributed by atoms with Crippen molar-refractivity contribution in [3.8, 4) is 0 Å². The third kappa shape index (κ3) is 4.61. The molecular formula is C3H9NOPt. The average Bonchev–Trinajstić information content (AvgIpc) is 1.35. The predicted molar refractivity (Wildman–Crippen MR) is 20.7 cm³/mol. The van der Waals surface area contributed by atoms with E-state index in [1.165, 1.54) is 0 Å². The molecule has 0 saturated carbocycles. The number of aliphatic hydroxyl groups is 1. The molecule has 0 radical (unpaired) electrons. The summed E-state index contributed by atoms with van der Waals surface area (Å²) >= 11 is -0.211. The van der Waals surface area contributed by atoms with Crippen LogP contribution in [0.5, 0.6) is 0 Å². The summed E-state index contributed by atoms with van der Waals surface area (Å²) in [6.07, 6.45) is 0. The van der Waals surface area contributed by atoms with Crippen LogP contribution in [0.15, 0.2) is 0 Å². The Morgan fingerprint density at radius 3 is 2.00 bits per heavy atom. The molecule has 0 fully saturated rings. The zero-order valence-electron chi connectivity index (χ0n) is 3.84. The summed E-state index contributed by atoms with van der Waals surface area (Å²) in [6.45, 7) is 1.63. The first-order valence-electron chi connectivity index (χ1n) is 1.49. The maximum atomic E-state index is 8.65. The zero-order valence-corrected chi connectivity index (χ0v) is 6.11. The Labute approximate surface area is 46.3 Å². The summed E-state index contributed by atoms with van der Waals surface area (Å²) in [5.74, 6) is 0. The van der Waals surface area contributed by atoms with Crippen molar-refractivity contribution in [3.63, 3.8) is 0 Å². The minimum absolute atomic E-state index is 0.211. The standard InChI is InChI=1S/C2H6NO.CH3.Pt/c1-2(3)4;;/h4H,3H2,1H3;1H3;. The van der Waals surface area contributed by atoms with E-state index in [1.54, 1.807) is 6.92 Å². The summed E-state index contributed by atoms with van der Waals surface area (Å²) in [5.41, 5.74) is 5.14. The van der Waals surface area contributed by atoms with E-state index >= 15 is 0 Å². The summed E-state index contributed by atoms with van der Waals surface area (Å²) in [6, 6.07) is 0.